The number of aromatic nitrogens is 1. The average molecular weight is 547 g/mol. The molecule has 2 rings (SSSR count). The summed E-state index contributed by atoms with van der Waals surface area (Å²) < 4.78 is 0. The molecule has 1 aromatic heterocycles. The molecule has 39 heavy (non-hydrogen) atoms. The number of nitrogens with one attached hydrogen (secondary N) is 4. The van der Waals surface area contributed by atoms with Gasteiger partial charge in [-0.3, -0.25) is 24.0 Å². The number of hydrogen-bond acceptors (Lipinski definition) is 7. The van der Waals surface area contributed by atoms with E-state index in [2.05, 4.69) is 20.9 Å². The van der Waals surface area contributed by atoms with Gasteiger partial charge in [-0.2, -0.15) is 0 Å². The first-order valence-electron chi connectivity index (χ1n) is 12.3. The molecule has 5 atom stereocenters. The number of carboxylic acids is 2. The van der Waals surface area contributed by atoms with Crippen LogP contribution in [0.2, 0.25) is 0 Å². The van der Waals surface area contributed by atoms with Gasteiger partial charge >= 0.3 is 11.9 Å². The van der Waals surface area contributed by atoms with Crippen LogP contribution in [0.1, 0.15) is 38.7 Å². The molecule has 1 heterocycles. The lowest BCUT2D eigenvalue weighted by molar-refractivity contribution is -0.145. The molecular formula is C25H34N6O8. The number of nitrogens with two attached hydrogens (primary N) is 2. The van der Waals surface area contributed by atoms with Gasteiger partial charge in [0.1, 0.15) is 18.1 Å². The fourth-order valence-electron chi connectivity index (χ4n) is 3.91. The lowest BCUT2D eigenvalue weighted by Gasteiger charge is -2.25. The van der Waals surface area contributed by atoms with E-state index in [1.807, 2.05) is 24.3 Å². The molecule has 0 aliphatic carbocycles. The molecule has 2 aromatic rings. The van der Waals surface area contributed by atoms with Crippen LogP contribution in [0.3, 0.4) is 0 Å². The van der Waals surface area contributed by atoms with Crippen molar-refractivity contribution < 1.29 is 39.0 Å². The van der Waals surface area contributed by atoms with Crippen LogP contribution in [-0.4, -0.2) is 74.9 Å². The van der Waals surface area contributed by atoms with Crippen molar-refractivity contribution in [2.75, 3.05) is 0 Å². The number of carboxylic acid groups (broad SMARTS) is 2. The number of aromatic amines is 1. The van der Waals surface area contributed by atoms with Crippen LogP contribution in [0, 0.1) is 5.92 Å². The molecule has 0 radical (unpaired) electrons. The van der Waals surface area contributed by atoms with E-state index < -0.39 is 78.5 Å². The zero-order chi connectivity index (χ0) is 29.3. The molecule has 0 aliphatic rings. The number of aliphatic carboxylic acids is 2. The number of primary amides is 1. The summed E-state index contributed by atoms with van der Waals surface area (Å²) in [6.07, 6.45) is 0.644. The Bertz CT molecular complexity index is 1230. The highest BCUT2D eigenvalue weighted by atomic mass is 16.4. The Morgan fingerprint density at radius 3 is 2.10 bits per heavy atom. The van der Waals surface area contributed by atoms with Crippen LogP contribution < -0.4 is 27.4 Å². The van der Waals surface area contributed by atoms with Gasteiger partial charge in [-0.05, 0) is 24.0 Å². The molecule has 212 valence electrons. The Morgan fingerprint density at radius 1 is 0.923 bits per heavy atom. The quantitative estimate of drug-likeness (QED) is 0.136. The second-order valence-corrected chi connectivity index (χ2v) is 9.27. The molecule has 0 spiro atoms. The molecule has 14 heteroatoms. The molecule has 4 amide bonds. The van der Waals surface area contributed by atoms with Crippen LogP contribution >= 0.6 is 0 Å². The first kappa shape index (κ1) is 30.8. The zero-order valence-electron chi connectivity index (χ0n) is 21.6. The van der Waals surface area contributed by atoms with E-state index >= 15 is 0 Å². The maximum Gasteiger partial charge on any atom is 0.326 e. The van der Waals surface area contributed by atoms with Gasteiger partial charge in [0.25, 0.3) is 0 Å². The van der Waals surface area contributed by atoms with Gasteiger partial charge in [-0.15, -0.1) is 0 Å². The Morgan fingerprint density at radius 2 is 1.51 bits per heavy atom. The third kappa shape index (κ3) is 8.81. The normalized spacial score (nSPS) is 14.8. The molecular weight excluding hydrogens is 512 g/mol. The molecule has 0 saturated carbocycles. The first-order valence-corrected chi connectivity index (χ1v) is 12.3. The van der Waals surface area contributed by atoms with E-state index in [4.69, 9.17) is 11.5 Å². The number of carbonyl (C=O) groups is 6. The summed E-state index contributed by atoms with van der Waals surface area (Å²) in [5, 5.41) is 26.3. The summed E-state index contributed by atoms with van der Waals surface area (Å²) in [7, 11) is 0. The van der Waals surface area contributed by atoms with Gasteiger partial charge < -0.3 is 42.6 Å². The molecule has 0 bridgehead atoms. The number of para-hydroxylation sites is 1. The molecule has 14 nitrogen and oxygen atoms in total. The minimum Gasteiger partial charge on any atom is -0.481 e. The standard InChI is InChI=1S/C25H34N6O8/c1-3-12(2)21(25(38)39)31-24(37)18(10-20(33)34)30-23(36)17(9-19(27)32)29-22(35)15(26)8-13-11-28-16-7-5-4-6-14(13)16/h4-7,11-12,15,17-18,21,28H,3,8-10,26H2,1-2H3,(H2,27,32)(H,29,35)(H,30,36)(H,31,37)(H,33,34)(H,38,39). The number of carbonyl (C=O) groups excluding carboxylic acids is 4. The van der Waals surface area contributed by atoms with Crippen molar-refractivity contribution >= 4 is 46.5 Å². The summed E-state index contributed by atoms with van der Waals surface area (Å²) >= 11 is 0. The second-order valence-electron chi connectivity index (χ2n) is 9.27. The van der Waals surface area contributed by atoms with E-state index in [0.29, 0.717) is 6.42 Å². The Labute approximate surface area is 223 Å². The highest BCUT2D eigenvalue weighted by molar-refractivity contribution is 5.97. The SMILES string of the molecule is CCC(C)C(NC(=O)C(CC(=O)O)NC(=O)C(CC(N)=O)NC(=O)C(N)Cc1c[nH]c2ccccc12)C(=O)O. The van der Waals surface area contributed by atoms with E-state index in [9.17, 15) is 39.0 Å². The highest BCUT2D eigenvalue weighted by Gasteiger charge is 2.33. The predicted octanol–water partition coefficient (Wildman–Crippen LogP) is -1.03. The van der Waals surface area contributed by atoms with Gasteiger partial charge in [0.2, 0.25) is 23.6 Å². The Kier molecular flexibility index (Phi) is 11.0. The van der Waals surface area contributed by atoms with E-state index in [-0.39, 0.29) is 6.42 Å². The molecule has 0 aliphatic heterocycles. The number of amides is 4. The van der Waals surface area contributed by atoms with E-state index in [1.54, 1.807) is 20.0 Å². The molecule has 0 fully saturated rings. The van der Waals surface area contributed by atoms with E-state index in [0.717, 1.165) is 16.5 Å². The van der Waals surface area contributed by atoms with Crippen LogP contribution in [0.5, 0.6) is 0 Å². The summed E-state index contributed by atoms with van der Waals surface area (Å²) in [5.74, 6) is -7.15. The topological polar surface area (TPSA) is 247 Å². The predicted molar refractivity (Wildman–Crippen MR) is 139 cm³/mol. The number of hydrogen-bond donors (Lipinski definition) is 8. The average Bonchev–Trinajstić information content (AvgIpc) is 3.27. The molecule has 0 saturated heterocycles. The summed E-state index contributed by atoms with van der Waals surface area (Å²) in [4.78, 5) is 76.1. The fraction of sp³-hybridized carbons (Fsp3) is 0.440. The third-order valence-electron chi connectivity index (χ3n) is 6.28. The minimum atomic E-state index is -1.70. The van der Waals surface area contributed by atoms with Crippen molar-refractivity contribution in [3.05, 3.63) is 36.0 Å². The van der Waals surface area contributed by atoms with Crippen molar-refractivity contribution in [3.63, 3.8) is 0 Å². The maximum absolute atomic E-state index is 13.0. The maximum atomic E-state index is 13.0. The van der Waals surface area contributed by atoms with Crippen molar-refractivity contribution in [2.45, 2.75) is 63.7 Å². The third-order valence-corrected chi connectivity index (χ3v) is 6.28. The van der Waals surface area contributed by atoms with Gasteiger partial charge in [-0.1, -0.05) is 38.5 Å². The van der Waals surface area contributed by atoms with Crippen LogP contribution in [0.15, 0.2) is 30.5 Å². The summed E-state index contributed by atoms with van der Waals surface area (Å²) in [5.41, 5.74) is 12.9. The zero-order valence-corrected chi connectivity index (χ0v) is 21.6. The van der Waals surface area contributed by atoms with Crippen LogP contribution in [-0.2, 0) is 35.2 Å². The van der Waals surface area contributed by atoms with Gasteiger partial charge in [0.15, 0.2) is 0 Å². The molecule has 1 aromatic carbocycles. The van der Waals surface area contributed by atoms with E-state index in [1.165, 1.54) is 0 Å². The fourth-order valence-corrected chi connectivity index (χ4v) is 3.91. The van der Waals surface area contributed by atoms with Gasteiger partial charge in [0.05, 0.1) is 18.9 Å². The first-order chi connectivity index (χ1) is 18.3. The van der Waals surface area contributed by atoms with Crippen molar-refractivity contribution in [1.82, 2.24) is 20.9 Å². The number of benzene rings is 1. The van der Waals surface area contributed by atoms with Crippen molar-refractivity contribution in [2.24, 2.45) is 17.4 Å². The highest BCUT2D eigenvalue weighted by Crippen LogP contribution is 2.19. The van der Waals surface area contributed by atoms with Crippen molar-refractivity contribution in [1.29, 1.82) is 0 Å². The minimum absolute atomic E-state index is 0.0942. The Hall–Kier alpha value is -4.46. The summed E-state index contributed by atoms with van der Waals surface area (Å²) in [6, 6.07) is 1.63. The summed E-state index contributed by atoms with van der Waals surface area (Å²) in [6.45, 7) is 3.30. The van der Waals surface area contributed by atoms with Gasteiger partial charge in [0, 0.05) is 17.1 Å². The largest absolute Gasteiger partial charge is 0.481 e. The lowest BCUT2D eigenvalue weighted by atomic mass is 9.98. The number of H-pyrrole nitrogens is 1. The Balaban J connectivity index is 2.15. The van der Waals surface area contributed by atoms with Crippen molar-refractivity contribution in [3.8, 4) is 0 Å². The number of rotatable bonds is 15. The second kappa shape index (κ2) is 13.9. The van der Waals surface area contributed by atoms with Crippen LogP contribution in [0.4, 0.5) is 0 Å². The molecule has 5 unspecified atom stereocenters. The lowest BCUT2D eigenvalue weighted by Crippen LogP contribution is -2.58. The van der Waals surface area contributed by atoms with Gasteiger partial charge in [-0.25, -0.2) is 4.79 Å². The monoisotopic (exact) mass is 546 g/mol. The smallest absolute Gasteiger partial charge is 0.326 e. The van der Waals surface area contributed by atoms with Crippen LogP contribution in [0.25, 0.3) is 10.9 Å². The number of fused-ring (bicyclic) bond motifs is 1. The molecule has 10 N–H and O–H groups in total.